The van der Waals surface area contributed by atoms with E-state index in [4.69, 9.17) is 11.6 Å². The molecule has 1 aromatic heterocycles. The molecule has 0 aliphatic carbocycles. The summed E-state index contributed by atoms with van der Waals surface area (Å²) in [4.78, 5) is 15.8. The highest BCUT2D eigenvalue weighted by Crippen LogP contribution is 2.36. The van der Waals surface area contributed by atoms with Crippen LogP contribution in [-0.2, 0) is 4.79 Å². The number of carboxylic acids is 1. The molecule has 3 rings (SSSR count). The first-order valence-corrected chi connectivity index (χ1v) is 8.68. The number of aryl methyl sites for hydroxylation is 1. The number of nitrogens with zero attached hydrogens (tertiary/aromatic N) is 1. The molecule has 0 saturated carbocycles. The second-order valence-electron chi connectivity index (χ2n) is 6.05. The Kier molecular flexibility index (Phi) is 5.54. The molecule has 1 atom stereocenters. The number of para-hydroxylation sites is 2. The number of nitrogens with one attached hydrogen (secondary N) is 1. The first kappa shape index (κ1) is 18.0. The molecule has 0 spiro atoms. The van der Waals surface area contributed by atoms with Gasteiger partial charge in [-0.25, -0.2) is 0 Å². The van der Waals surface area contributed by atoms with Crippen LogP contribution in [0.4, 0.5) is 11.4 Å². The van der Waals surface area contributed by atoms with Gasteiger partial charge >= 0.3 is 5.97 Å². The van der Waals surface area contributed by atoms with Crippen LogP contribution in [0.15, 0.2) is 66.9 Å². The minimum absolute atomic E-state index is 0.0444. The zero-order valence-corrected chi connectivity index (χ0v) is 15.1. The Bertz CT molecular complexity index is 893. The lowest BCUT2D eigenvalue weighted by molar-refractivity contribution is -0.137. The van der Waals surface area contributed by atoms with Crippen molar-refractivity contribution in [1.82, 2.24) is 4.98 Å². The lowest BCUT2D eigenvalue weighted by atomic mass is 9.90. The highest BCUT2D eigenvalue weighted by atomic mass is 35.5. The van der Waals surface area contributed by atoms with Crippen molar-refractivity contribution >= 4 is 28.9 Å². The maximum absolute atomic E-state index is 11.5. The highest BCUT2D eigenvalue weighted by Gasteiger charge is 2.22. The van der Waals surface area contributed by atoms with Gasteiger partial charge in [-0.1, -0.05) is 48.0 Å². The average Bonchev–Trinajstić information content (AvgIpc) is 2.64. The monoisotopic (exact) mass is 366 g/mol. The lowest BCUT2D eigenvalue weighted by Crippen LogP contribution is -2.11. The van der Waals surface area contributed by atoms with E-state index in [1.54, 1.807) is 6.20 Å². The van der Waals surface area contributed by atoms with Gasteiger partial charge < -0.3 is 10.4 Å². The Morgan fingerprint density at radius 3 is 2.58 bits per heavy atom. The first-order valence-electron chi connectivity index (χ1n) is 8.30. The van der Waals surface area contributed by atoms with Crippen LogP contribution in [0.1, 0.15) is 29.2 Å². The molecule has 0 aliphatic rings. The van der Waals surface area contributed by atoms with Gasteiger partial charge in [0.25, 0.3) is 0 Å². The normalized spacial score (nSPS) is 11.8. The Labute approximate surface area is 157 Å². The first-order chi connectivity index (χ1) is 12.6. The number of rotatable bonds is 6. The number of carbonyl (C=O) groups is 1. The lowest BCUT2D eigenvalue weighted by Gasteiger charge is -2.21. The molecule has 4 nitrogen and oxygen atoms in total. The van der Waals surface area contributed by atoms with E-state index < -0.39 is 5.97 Å². The van der Waals surface area contributed by atoms with Crippen LogP contribution < -0.4 is 5.32 Å². The fraction of sp³-hybridized carbons (Fsp3) is 0.143. The SMILES string of the molecule is Cc1cccc(Cl)c1Nc1ccccc1C(CC(=O)O)c1ccccn1. The van der Waals surface area contributed by atoms with Gasteiger partial charge in [-0.05, 0) is 42.3 Å². The van der Waals surface area contributed by atoms with Crippen molar-refractivity contribution < 1.29 is 9.90 Å². The number of hydrogen-bond acceptors (Lipinski definition) is 3. The smallest absolute Gasteiger partial charge is 0.304 e. The highest BCUT2D eigenvalue weighted by molar-refractivity contribution is 6.33. The number of aliphatic carboxylic acids is 1. The van der Waals surface area contributed by atoms with Crippen molar-refractivity contribution in [2.24, 2.45) is 0 Å². The third-order valence-electron chi connectivity index (χ3n) is 4.24. The third kappa shape index (κ3) is 4.03. The molecule has 1 heterocycles. The minimum atomic E-state index is -0.871. The number of halogens is 1. The van der Waals surface area contributed by atoms with E-state index in [2.05, 4.69) is 10.3 Å². The van der Waals surface area contributed by atoms with Crippen molar-refractivity contribution in [3.8, 4) is 0 Å². The van der Waals surface area contributed by atoms with E-state index in [1.807, 2.05) is 67.6 Å². The maximum Gasteiger partial charge on any atom is 0.304 e. The second kappa shape index (κ2) is 8.02. The van der Waals surface area contributed by atoms with Crippen LogP contribution in [0.5, 0.6) is 0 Å². The van der Waals surface area contributed by atoms with Gasteiger partial charge in [0.15, 0.2) is 0 Å². The molecule has 0 bridgehead atoms. The fourth-order valence-electron chi connectivity index (χ4n) is 2.97. The number of pyridine rings is 1. The molecule has 0 aliphatic heterocycles. The van der Waals surface area contributed by atoms with Gasteiger partial charge in [0.2, 0.25) is 0 Å². The van der Waals surface area contributed by atoms with Crippen LogP contribution in [-0.4, -0.2) is 16.1 Å². The largest absolute Gasteiger partial charge is 0.481 e. The molecule has 2 N–H and O–H groups in total. The van der Waals surface area contributed by atoms with E-state index in [1.165, 1.54) is 0 Å². The van der Waals surface area contributed by atoms with Gasteiger partial charge in [0, 0.05) is 23.5 Å². The molecule has 132 valence electrons. The van der Waals surface area contributed by atoms with Crippen molar-refractivity contribution in [3.63, 3.8) is 0 Å². The standard InChI is InChI=1S/C21H19ClN2O2/c1-14-7-6-9-17(22)21(14)24-19-11-3-2-8-15(19)16(13-20(25)26)18-10-4-5-12-23-18/h2-12,16,24H,13H2,1H3,(H,25,26). The van der Waals surface area contributed by atoms with Crippen LogP contribution in [0.2, 0.25) is 5.02 Å². The Morgan fingerprint density at radius 1 is 1.12 bits per heavy atom. The van der Waals surface area contributed by atoms with Crippen molar-refractivity contribution in [1.29, 1.82) is 0 Å². The second-order valence-corrected chi connectivity index (χ2v) is 6.46. The van der Waals surface area contributed by atoms with Gasteiger partial charge in [0.05, 0.1) is 17.1 Å². The van der Waals surface area contributed by atoms with E-state index in [-0.39, 0.29) is 12.3 Å². The van der Waals surface area contributed by atoms with Crippen molar-refractivity contribution in [2.45, 2.75) is 19.3 Å². The summed E-state index contributed by atoms with van der Waals surface area (Å²) in [5, 5.41) is 13.4. The summed E-state index contributed by atoms with van der Waals surface area (Å²) in [7, 11) is 0. The summed E-state index contributed by atoms with van der Waals surface area (Å²) in [6.45, 7) is 1.98. The Balaban J connectivity index is 2.05. The zero-order chi connectivity index (χ0) is 18.5. The van der Waals surface area contributed by atoms with Crippen LogP contribution >= 0.6 is 11.6 Å². The summed E-state index contributed by atoms with van der Waals surface area (Å²) >= 11 is 6.34. The number of benzene rings is 2. The summed E-state index contributed by atoms with van der Waals surface area (Å²) in [5.41, 5.74) is 4.24. The maximum atomic E-state index is 11.5. The van der Waals surface area contributed by atoms with Crippen molar-refractivity contribution in [3.05, 3.63) is 88.7 Å². The van der Waals surface area contributed by atoms with E-state index in [0.29, 0.717) is 5.02 Å². The molecule has 3 aromatic rings. The van der Waals surface area contributed by atoms with Crippen LogP contribution in [0.25, 0.3) is 0 Å². The summed E-state index contributed by atoms with van der Waals surface area (Å²) < 4.78 is 0. The predicted molar refractivity (Wildman–Crippen MR) is 104 cm³/mol. The number of carboxylic acid groups (broad SMARTS) is 1. The Morgan fingerprint density at radius 2 is 1.88 bits per heavy atom. The summed E-state index contributed by atoms with van der Waals surface area (Å²) in [6.07, 6.45) is 1.63. The van der Waals surface area contributed by atoms with E-state index >= 15 is 0 Å². The molecule has 0 saturated heterocycles. The zero-order valence-electron chi connectivity index (χ0n) is 14.3. The predicted octanol–water partition coefficient (Wildman–Crippen LogP) is 5.39. The third-order valence-corrected chi connectivity index (χ3v) is 4.56. The van der Waals surface area contributed by atoms with Gasteiger partial charge in [-0.3, -0.25) is 9.78 Å². The number of anilines is 2. The van der Waals surface area contributed by atoms with Crippen LogP contribution in [0.3, 0.4) is 0 Å². The molecule has 0 amide bonds. The number of aromatic nitrogens is 1. The van der Waals surface area contributed by atoms with Crippen LogP contribution in [0, 0.1) is 6.92 Å². The summed E-state index contributed by atoms with van der Waals surface area (Å²) in [5.74, 6) is -1.23. The minimum Gasteiger partial charge on any atom is -0.481 e. The quantitative estimate of drug-likeness (QED) is 0.613. The van der Waals surface area contributed by atoms with E-state index in [9.17, 15) is 9.90 Å². The fourth-order valence-corrected chi connectivity index (χ4v) is 3.24. The average molecular weight is 367 g/mol. The molecular formula is C21H19ClN2O2. The molecule has 2 aromatic carbocycles. The summed E-state index contributed by atoms with van der Waals surface area (Å²) in [6, 6.07) is 18.9. The molecular weight excluding hydrogens is 348 g/mol. The molecule has 0 radical (unpaired) electrons. The van der Waals surface area contributed by atoms with Gasteiger partial charge in [-0.15, -0.1) is 0 Å². The van der Waals surface area contributed by atoms with Gasteiger partial charge in [0.1, 0.15) is 0 Å². The number of hydrogen-bond donors (Lipinski definition) is 2. The Hall–Kier alpha value is -2.85. The van der Waals surface area contributed by atoms with E-state index in [0.717, 1.165) is 28.2 Å². The molecule has 1 unspecified atom stereocenters. The molecule has 26 heavy (non-hydrogen) atoms. The molecule has 0 fully saturated rings. The van der Waals surface area contributed by atoms with Gasteiger partial charge in [-0.2, -0.15) is 0 Å². The molecule has 5 heteroatoms. The van der Waals surface area contributed by atoms with Crippen molar-refractivity contribution in [2.75, 3.05) is 5.32 Å². The topological polar surface area (TPSA) is 62.2 Å².